The van der Waals surface area contributed by atoms with E-state index >= 15 is 0 Å². The molecule has 0 aliphatic carbocycles. The first kappa shape index (κ1) is 16.5. The van der Waals surface area contributed by atoms with Gasteiger partial charge in [-0.3, -0.25) is 4.79 Å². The molecule has 0 radical (unpaired) electrons. The van der Waals surface area contributed by atoms with Crippen molar-refractivity contribution in [3.8, 4) is 5.75 Å². The minimum absolute atomic E-state index is 0.00625. The first-order valence-electron chi connectivity index (χ1n) is 8.23. The van der Waals surface area contributed by atoms with Gasteiger partial charge in [0.15, 0.2) is 12.4 Å². The Hall–Kier alpha value is -2.34. The molecule has 6 heteroatoms. The molecule has 0 atom stereocenters. The predicted octanol–water partition coefficient (Wildman–Crippen LogP) is 1.92. The lowest BCUT2D eigenvalue weighted by atomic mass is 10.1. The average molecular weight is 328 g/mol. The summed E-state index contributed by atoms with van der Waals surface area (Å²) in [5.74, 6) is 0.809. The van der Waals surface area contributed by atoms with E-state index in [-0.39, 0.29) is 5.91 Å². The lowest BCUT2D eigenvalue weighted by Crippen LogP contribution is -2.47. The normalized spacial score (nSPS) is 15.5. The summed E-state index contributed by atoms with van der Waals surface area (Å²) in [6.07, 6.45) is 1.78. The summed E-state index contributed by atoms with van der Waals surface area (Å²) < 4.78 is 7.43. The molecule has 3 rings (SSSR count). The van der Waals surface area contributed by atoms with Gasteiger partial charge in [0, 0.05) is 32.4 Å². The van der Waals surface area contributed by atoms with Crippen LogP contribution in [0.5, 0.6) is 5.75 Å². The van der Waals surface area contributed by atoms with Gasteiger partial charge in [0.05, 0.1) is 0 Å². The summed E-state index contributed by atoms with van der Waals surface area (Å²) >= 11 is 0. The number of carbonyl (C=O) groups is 1. The van der Waals surface area contributed by atoms with Crippen LogP contribution in [0.2, 0.25) is 0 Å². The average Bonchev–Trinajstić information content (AvgIpc) is 3.01. The highest BCUT2D eigenvalue weighted by molar-refractivity contribution is 5.92. The molecule has 128 valence electrons. The molecule has 24 heavy (non-hydrogen) atoms. The van der Waals surface area contributed by atoms with Crippen molar-refractivity contribution >= 4 is 5.91 Å². The summed E-state index contributed by atoms with van der Waals surface area (Å²) in [6.45, 7) is 7.69. The molecule has 1 aliphatic rings. The number of benzene rings is 1. The van der Waals surface area contributed by atoms with E-state index in [9.17, 15) is 4.79 Å². The van der Waals surface area contributed by atoms with Gasteiger partial charge in [0.1, 0.15) is 5.75 Å². The molecule has 0 N–H and O–H groups in total. The number of piperazine rings is 1. The molecule has 0 spiro atoms. The lowest BCUT2D eigenvalue weighted by molar-refractivity contribution is 0.0656. The topological polar surface area (TPSA) is 50.6 Å². The molecule has 1 aromatic heterocycles. The number of likely N-dealkylation sites (N-methyl/N-ethyl adjacent to an activating group) is 1. The van der Waals surface area contributed by atoms with E-state index in [1.54, 1.807) is 16.9 Å². The Kier molecular flexibility index (Phi) is 4.85. The van der Waals surface area contributed by atoms with Gasteiger partial charge in [-0.25, -0.2) is 4.68 Å². The Morgan fingerprint density at radius 3 is 2.46 bits per heavy atom. The van der Waals surface area contributed by atoms with Gasteiger partial charge in [-0.2, -0.15) is 5.10 Å². The molecule has 1 fully saturated rings. The molecule has 1 aliphatic heterocycles. The van der Waals surface area contributed by atoms with Crippen LogP contribution in [0.15, 0.2) is 30.5 Å². The summed E-state index contributed by atoms with van der Waals surface area (Å²) in [4.78, 5) is 16.6. The van der Waals surface area contributed by atoms with Crippen molar-refractivity contribution < 1.29 is 9.53 Å². The molecule has 1 aromatic carbocycles. The summed E-state index contributed by atoms with van der Waals surface area (Å²) in [7, 11) is 2.07. The van der Waals surface area contributed by atoms with Gasteiger partial charge in [-0.15, -0.1) is 0 Å². The number of rotatable bonds is 4. The first-order chi connectivity index (χ1) is 11.5. The minimum Gasteiger partial charge on any atom is -0.471 e. The maximum atomic E-state index is 12.5. The fraction of sp³-hybridized carbons (Fsp3) is 0.444. The second-order valence-corrected chi connectivity index (χ2v) is 6.43. The molecule has 2 heterocycles. The molecule has 0 saturated carbocycles. The molecular weight excluding hydrogens is 304 g/mol. The first-order valence-corrected chi connectivity index (χ1v) is 8.23. The van der Waals surface area contributed by atoms with Crippen LogP contribution in [-0.2, 0) is 6.73 Å². The van der Waals surface area contributed by atoms with E-state index in [4.69, 9.17) is 4.74 Å². The number of carbonyl (C=O) groups excluding carboxylic acids is 1. The Labute approximate surface area is 142 Å². The van der Waals surface area contributed by atoms with Crippen molar-refractivity contribution in [1.82, 2.24) is 19.6 Å². The number of aromatic nitrogens is 2. The number of nitrogens with zero attached hydrogens (tertiary/aromatic N) is 4. The van der Waals surface area contributed by atoms with Crippen LogP contribution >= 0.6 is 0 Å². The fourth-order valence-electron chi connectivity index (χ4n) is 2.88. The molecule has 6 nitrogen and oxygen atoms in total. The van der Waals surface area contributed by atoms with Crippen molar-refractivity contribution in [3.63, 3.8) is 0 Å². The van der Waals surface area contributed by atoms with Crippen molar-refractivity contribution in [3.05, 3.63) is 47.3 Å². The van der Waals surface area contributed by atoms with Crippen molar-refractivity contribution in [1.29, 1.82) is 0 Å². The number of ether oxygens (including phenoxy) is 1. The second-order valence-electron chi connectivity index (χ2n) is 6.43. The van der Waals surface area contributed by atoms with Gasteiger partial charge in [0.2, 0.25) is 0 Å². The van der Waals surface area contributed by atoms with Crippen LogP contribution < -0.4 is 4.74 Å². The van der Waals surface area contributed by atoms with Gasteiger partial charge in [-0.1, -0.05) is 6.07 Å². The quantitative estimate of drug-likeness (QED) is 0.860. The van der Waals surface area contributed by atoms with Gasteiger partial charge in [-0.05, 0) is 50.2 Å². The van der Waals surface area contributed by atoms with E-state index < -0.39 is 0 Å². The van der Waals surface area contributed by atoms with Crippen LogP contribution in [0.4, 0.5) is 0 Å². The molecule has 0 bridgehead atoms. The lowest BCUT2D eigenvalue weighted by Gasteiger charge is -2.31. The van der Waals surface area contributed by atoms with E-state index in [0.717, 1.165) is 43.1 Å². The molecular formula is C18H24N4O2. The monoisotopic (exact) mass is 328 g/mol. The number of amides is 1. The maximum absolute atomic E-state index is 12.5. The molecule has 0 unspecified atom stereocenters. The molecule has 1 amide bonds. The van der Waals surface area contributed by atoms with Crippen LogP contribution in [-0.4, -0.2) is 58.7 Å². The Balaban J connectivity index is 1.60. The summed E-state index contributed by atoms with van der Waals surface area (Å²) in [6, 6.07) is 7.85. The molecule has 1 saturated heterocycles. The van der Waals surface area contributed by atoms with Crippen LogP contribution in [0, 0.1) is 13.8 Å². The van der Waals surface area contributed by atoms with E-state index in [1.165, 1.54) is 0 Å². The van der Waals surface area contributed by atoms with Crippen LogP contribution in [0.1, 0.15) is 21.6 Å². The summed E-state index contributed by atoms with van der Waals surface area (Å²) in [5, 5.41) is 4.35. The minimum atomic E-state index is -0.00625. The number of aryl methyl sites for hydroxylation is 2. The zero-order valence-corrected chi connectivity index (χ0v) is 14.5. The Bertz CT molecular complexity index is 697. The van der Waals surface area contributed by atoms with E-state index in [2.05, 4.69) is 23.1 Å². The standard InChI is InChI=1S/C18H24N4O2/c1-14-10-15(2)12-16(11-14)24-13-22-5-4-17(19-22)18(23)21-8-6-20(3)7-9-21/h4-5,10-12H,6-9,13H2,1-3H3. The third kappa shape index (κ3) is 3.94. The zero-order chi connectivity index (χ0) is 17.1. The Morgan fingerprint density at radius 2 is 1.79 bits per heavy atom. The van der Waals surface area contributed by atoms with E-state index in [1.807, 2.05) is 30.9 Å². The smallest absolute Gasteiger partial charge is 0.274 e. The van der Waals surface area contributed by atoms with Gasteiger partial charge >= 0.3 is 0 Å². The van der Waals surface area contributed by atoms with Gasteiger partial charge in [0.25, 0.3) is 5.91 Å². The Morgan fingerprint density at radius 1 is 1.12 bits per heavy atom. The zero-order valence-electron chi connectivity index (χ0n) is 14.5. The van der Waals surface area contributed by atoms with Crippen molar-refractivity contribution in [2.45, 2.75) is 20.6 Å². The fourth-order valence-corrected chi connectivity index (χ4v) is 2.88. The number of hydrogen-bond donors (Lipinski definition) is 0. The third-order valence-electron chi connectivity index (χ3n) is 4.21. The van der Waals surface area contributed by atoms with Crippen molar-refractivity contribution in [2.24, 2.45) is 0 Å². The highest BCUT2D eigenvalue weighted by Gasteiger charge is 2.22. The second kappa shape index (κ2) is 7.05. The predicted molar refractivity (Wildman–Crippen MR) is 92.2 cm³/mol. The third-order valence-corrected chi connectivity index (χ3v) is 4.21. The summed E-state index contributed by atoms with van der Waals surface area (Å²) in [5.41, 5.74) is 2.80. The van der Waals surface area contributed by atoms with Crippen LogP contribution in [0.25, 0.3) is 0 Å². The molecule has 2 aromatic rings. The SMILES string of the molecule is Cc1cc(C)cc(OCn2ccc(C(=O)N3CCN(C)CC3)n2)c1. The number of hydrogen-bond acceptors (Lipinski definition) is 4. The highest BCUT2D eigenvalue weighted by Crippen LogP contribution is 2.16. The maximum Gasteiger partial charge on any atom is 0.274 e. The van der Waals surface area contributed by atoms with E-state index in [0.29, 0.717) is 12.4 Å². The van der Waals surface area contributed by atoms with Crippen molar-refractivity contribution in [2.75, 3.05) is 33.2 Å². The largest absolute Gasteiger partial charge is 0.471 e. The van der Waals surface area contributed by atoms with Gasteiger partial charge < -0.3 is 14.5 Å². The van der Waals surface area contributed by atoms with Crippen LogP contribution in [0.3, 0.4) is 0 Å². The highest BCUT2D eigenvalue weighted by atomic mass is 16.5.